The Kier molecular flexibility index (Phi) is 5.02. The summed E-state index contributed by atoms with van der Waals surface area (Å²) in [5.74, 6) is 0.103. The fourth-order valence-corrected chi connectivity index (χ4v) is 2.51. The number of hydrogen-bond acceptors (Lipinski definition) is 3. The van der Waals surface area contributed by atoms with Gasteiger partial charge in [0.15, 0.2) is 5.06 Å². The van der Waals surface area contributed by atoms with Gasteiger partial charge in [-0.15, -0.1) is 0 Å². The molecule has 0 spiro atoms. The zero-order chi connectivity index (χ0) is 14.6. The van der Waals surface area contributed by atoms with Gasteiger partial charge in [-0.2, -0.15) is 5.10 Å². The van der Waals surface area contributed by atoms with Crippen LogP contribution in [0.1, 0.15) is 5.69 Å². The Hall–Kier alpha value is -1.10. The Labute approximate surface area is 125 Å². The molecule has 1 aromatic heterocycles. The van der Waals surface area contributed by atoms with E-state index in [0.29, 0.717) is 6.61 Å². The van der Waals surface area contributed by atoms with Crippen molar-refractivity contribution in [3.05, 3.63) is 42.3 Å². The highest BCUT2D eigenvalue weighted by atomic mass is 35.5. The highest BCUT2D eigenvalue weighted by Gasteiger charge is 2.35. The van der Waals surface area contributed by atoms with Crippen LogP contribution >= 0.6 is 11.6 Å². The monoisotopic (exact) mass is 295 g/mol. The Morgan fingerprint density at radius 2 is 2.25 bits per heavy atom. The van der Waals surface area contributed by atoms with Crippen LogP contribution in [0.15, 0.2) is 36.6 Å². The number of nitrogens with zero attached hydrogens (tertiary/aromatic N) is 3. The van der Waals surface area contributed by atoms with Crippen molar-refractivity contribution < 1.29 is 4.74 Å². The molecule has 0 saturated carbocycles. The van der Waals surface area contributed by atoms with E-state index < -0.39 is 5.06 Å². The Balaban J connectivity index is 2.03. The van der Waals surface area contributed by atoms with Gasteiger partial charge in [0.2, 0.25) is 0 Å². The molecule has 1 aromatic rings. The van der Waals surface area contributed by atoms with E-state index in [1.165, 1.54) is 0 Å². The lowest BCUT2D eigenvalue weighted by molar-refractivity contribution is 0.0166. The molecule has 0 bridgehead atoms. The third-order valence-electron chi connectivity index (χ3n) is 3.50. The maximum absolute atomic E-state index is 6.69. The van der Waals surface area contributed by atoms with Crippen LogP contribution in [-0.2, 0) is 18.2 Å². The van der Waals surface area contributed by atoms with Crippen molar-refractivity contribution in [2.24, 2.45) is 13.0 Å². The summed E-state index contributed by atoms with van der Waals surface area (Å²) < 4.78 is 7.82. The van der Waals surface area contributed by atoms with Crippen LogP contribution in [0.3, 0.4) is 0 Å². The summed E-state index contributed by atoms with van der Waals surface area (Å²) in [4.78, 5) is 2.08. The lowest BCUT2D eigenvalue weighted by atomic mass is 9.92. The SMILES string of the molecule is CN(C)CCOC1(Cl)C=CC=CC1Cc1ccnn1C. The van der Waals surface area contributed by atoms with Crippen LogP contribution in [0.4, 0.5) is 0 Å². The third-order valence-corrected chi connectivity index (χ3v) is 4.01. The quantitative estimate of drug-likeness (QED) is 0.754. The number of allylic oxidation sites excluding steroid dienone is 2. The number of aromatic nitrogens is 2. The molecule has 0 aromatic carbocycles. The van der Waals surface area contributed by atoms with Gasteiger partial charge in [0, 0.05) is 31.4 Å². The molecule has 0 aliphatic heterocycles. The van der Waals surface area contributed by atoms with Crippen molar-refractivity contribution in [2.75, 3.05) is 27.2 Å². The summed E-state index contributed by atoms with van der Waals surface area (Å²) in [6.07, 6.45) is 10.6. The molecule has 20 heavy (non-hydrogen) atoms. The number of alkyl halides is 1. The second-order valence-corrected chi connectivity index (χ2v) is 5.94. The molecular formula is C15H22ClN3O. The van der Waals surface area contributed by atoms with Gasteiger partial charge < -0.3 is 9.64 Å². The summed E-state index contributed by atoms with van der Waals surface area (Å²) in [7, 11) is 5.99. The molecule has 0 saturated heterocycles. The van der Waals surface area contributed by atoms with Crippen molar-refractivity contribution >= 4 is 11.6 Å². The lowest BCUT2D eigenvalue weighted by Gasteiger charge is -2.33. The third kappa shape index (κ3) is 3.72. The molecular weight excluding hydrogens is 274 g/mol. The highest BCUT2D eigenvalue weighted by molar-refractivity contribution is 6.24. The molecule has 0 amide bonds. The molecule has 4 nitrogen and oxygen atoms in total. The van der Waals surface area contributed by atoms with E-state index in [1.54, 1.807) is 6.20 Å². The summed E-state index contributed by atoms with van der Waals surface area (Å²) in [5, 5.41) is 3.43. The minimum absolute atomic E-state index is 0.103. The number of aryl methyl sites for hydroxylation is 1. The molecule has 0 N–H and O–H groups in total. The predicted molar refractivity (Wildman–Crippen MR) is 81.8 cm³/mol. The van der Waals surface area contributed by atoms with Gasteiger partial charge in [-0.25, -0.2) is 0 Å². The first-order chi connectivity index (χ1) is 9.51. The van der Waals surface area contributed by atoms with E-state index in [9.17, 15) is 0 Å². The van der Waals surface area contributed by atoms with Crippen molar-refractivity contribution in [1.29, 1.82) is 0 Å². The van der Waals surface area contributed by atoms with Crippen LogP contribution in [0.2, 0.25) is 0 Å². The zero-order valence-corrected chi connectivity index (χ0v) is 13.0. The molecule has 0 fully saturated rings. The standard InChI is InChI=1S/C15H22ClN3O/c1-18(2)10-11-20-15(16)8-5-4-6-13(15)12-14-7-9-17-19(14)3/h4-9,13H,10-12H2,1-3H3. The molecule has 5 heteroatoms. The first kappa shape index (κ1) is 15.3. The maximum Gasteiger partial charge on any atom is 0.167 e. The first-order valence-electron chi connectivity index (χ1n) is 6.82. The van der Waals surface area contributed by atoms with Crippen molar-refractivity contribution in [1.82, 2.24) is 14.7 Å². The fraction of sp³-hybridized carbons (Fsp3) is 0.533. The number of hydrogen-bond donors (Lipinski definition) is 0. The van der Waals surface area contributed by atoms with E-state index in [1.807, 2.05) is 50.1 Å². The van der Waals surface area contributed by atoms with Crippen LogP contribution in [0.5, 0.6) is 0 Å². The Bertz CT molecular complexity index is 495. The fourth-order valence-electron chi connectivity index (χ4n) is 2.21. The summed E-state index contributed by atoms with van der Waals surface area (Å²) >= 11 is 6.69. The topological polar surface area (TPSA) is 30.3 Å². The first-order valence-corrected chi connectivity index (χ1v) is 7.19. The average Bonchev–Trinajstić information content (AvgIpc) is 2.78. The molecule has 1 heterocycles. The Morgan fingerprint density at radius 3 is 2.90 bits per heavy atom. The van der Waals surface area contributed by atoms with Crippen LogP contribution in [-0.4, -0.2) is 47.0 Å². The largest absolute Gasteiger partial charge is 0.354 e. The molecule has 110 valence electrons. The number of halogens is 1. The molecule has 1 aliphatic carbocycles. The summed E-state index contributed by atoms with van der Waals surface area (Å²) in [6.45, 7) is 1.46. The second-order valence-electron chi connectivity index (χ2n) is 5.35. The van der Waals surface area contributed by atoms with Gasteiger partial charge in [0.25, 0.3) is 0 Å². The second kappa shape index (κ2) is 6.57. The normalized spacial score (nSPS) is 25.6. The molecule has 2 atom stereocenters. The summed E-state index contributed by atoms with van der Waals surface area (Å²) in [6, 6.07) is 2.02. The zero-order valence-electron chi connectivity index (χ0n) is 12.3. The van der Waals surface area contributed by atoms with Crippen molar-refractivity contribution in [3.63, 3.8) is 0 Å². The Morgan fingerprint density at radius 1 is 1.45 bits per heavy atom. The van der Waals surface area contributed by atoms with Gasteiger partial charge in [-0.05, 0) is 32.7 Å². The highest BCUT2D eigenvalue weighted by Crippen LogP contribution is 2.35. The number of rotatable bonds is 6. The van der Waals surface area contributed by atoms with Crippen molar-refractivity contribution in [2.45, 2.75) is 11.5 Å². The van der Waals surface area contributed by atoms with E-state index in [4.69, 9.17) is 16.3 Å². The molecule has 2 unspecified atom stereocenters. The van der Waals surface area contributed by atoms with Gasteiger partial charge in [0.1, 0.15) is 0 Å². The number of likely N-dealkylation sites (N-methyl/N-ethyl adjacent to an activating group) is 1. The van der Waals surface area contributed by atoms with Gasteiger partial charge in [0.05, 0.1) is 6.61 Å². The van der Waals surface area contributed by atoms with Crippen LogP contribution in [0.25, 0.3) is 0 Å². The van der Waals surface area contributed by atoms with Crippen molar-refractivity contribution in [3.8, 4) is 0 Å². The smallest absolute Gasteiger partial charge is 0.167 e. The van der Waals surface area contributed by atoms with Gasteiger partial charge in [-0.3, -0.25) is 4.68 Å². The van der Waals surface area contributed by atoms with Crippen LogP contribution < -0.4 is 0 Å². The van der Waals surface area contributed by atoms with E-state index >= 15 is 0 Å². The molecule has 2 rings (SSSR count). The minimum Gasteiger partial charge on any atom is -0.354 e. The van der Waals surface area contributed by atoms with E-state index in [2.05, 4.69) is 16.1 Å². The van der Waals surface area contributed by atoms with Gasteiger partial charge in [-0.1, -0.05) is 29.8 Å². The van der Waals surface area contributed by atoms with Gasteiger partial charge >= 0.3 is 0 Å². The lowest BCUT2D eigenvalue weighted by Crippen LogP contribution is -2.37. The minimum atomic E-state index is -0.769. The van der Waals surface area contributed by atoms with E-state index in [0.717, 1.165) is 18.7 Å². The number of ether oxygens (including phenoxy) is 1. The maximum atomic E-state index is 6.69. The predicted octanol–water partition coefficient (Wildman–Crippen LogP) is 2.22. The van der Waals surface area contributed by atoms with Crippen LogP contribution in [0, 0.1) is 5.92 Å². The van der Waals surface area contributed by atoms with E-state index in [-0.39, 0.29) is 5.92 Å². The molecule has 1 aliphatic rings. The summed E-state index contributed by atoms with van der Waals surface area (Å²) in [5.41, 5.74) is 1.15. The average molecular weight is 296 g/mol. The molecule has 0 radical (unpaired) electrons.